The van der Waals surface area contributed by atoms with Gasteiger partial charge in [0.1, 0.15) is 0 Å². The van der Waals surface area contributed by atoms with Crippen LogP contribution in [0.4, 0.5) is 0 Å². The van der Waals surface area contributed by atoms with E-state index in [0.29, 0.717) is 16.2 Å². The molecule has 0 saturated carbocycles. The van der Waals surface area contributed by atoms with Crippen LogP contribution in [0.15, 0.2) is 63.1 Å². The zero-order valence-electron chi connectivity index (χ0n) is 9.39. The van der Waals surface area contributed by atoms with Gasteiger partial charge in [0.25, 0.3) is 0 Å². The Labute approximate surface area is 118 Å². The summed E-state index contributed by atoms with van der Waals surface area (Å²) in [7, 11) is 0. The first-order valence-electron chi connectivity index (χ1n) is 5.52. The fourth-order valence-electron chi connectivity index (χ4n) is 2.11. The highest BCUT2D eigenvalue weighted by molar-refractivity contribution is 9.10. The SMILES string of the molecule is NC1=C(C(=O)c2ccc(Br)cc2)C2=CC=CC2S1. The van der Waals surface area contributed by atoms with E-state index in [1.807, 2.05) is 36.4 Å². The van der Waals surface area contributed by atoms with Crippen molar-refractivity contribution in [1.82, 2.24) is 0 Å². The van der Waals surface area contributed by atoms with Crippen molar-refractivity contribution in [2.75, 3.05) is 0 Å². The highest BCUT2D eigenvalue weighted by Crippen LogP contribution is 2.43. The lowest BCUT2D eigenvalue weighted by Crippen LogP contribution is -2.09. The molecule has 1 aromatic rings. The fourth-order valence-corrected chi connectivity index (χ4v) is 3.47. The summed E-state index contributed by atoms with van der Waals surface area (Å²) in [6, 6.07) is 7.36. The number of halogens is 1. The number of carbonyl (C=O) groups excluding carboxylic acids is 1. The number of Topliss-reactive ketones (excluding diaryl/α,β-unsaturated/α-hetero) is 1. The number of benzene rings is 1. The molecule has 0 radical (unpaired) electrons. The third-order valence-electron chi connectivity index (χ3n) is 2.99. The lowest BCUT2D eigenvalue weighted by Gasteiger charge is -2.06. The lowest BCUT2D eigenvalue weighted by atomic mass is 9.97. The number of rotatable bonds is 2. The summed E-state index contributed by atoms with van der Waals surface area (Å²) in [6.45, 7) is 0. The topological polar surface area (TPSA) is 43.1 Å². The van der Waals surface area contributed by atoms with Gasteiger partial charge >= 0.3 is 0 Å². The smallest absolute Gasteiger partial charge is 0.195 e. The van der Waals surface area contributed by atoms with E-state index in [0.717, 1.165) is 10.0 Å². The molecule has 0 saturated heterocycles. The van der Waals surface area contributed by atoms with Crippen LogP contribution < -0.4 is 5.73 Å². The van der Waals surface area contributed by atoms with E-state index < -0.39 is 0 Å². The van der Waals surface area contributed by atoms with Gasteiger partial charge in [-0.1, -0.05) is 45.9 Å². The van der Waals surface area contributed by atoms with Crippen molar-refractivity contribution in [2.45, 2.75) is 5.25 Å². The summed E-state index contributed by atoms with van der Waals surface area (Å²) in [5.41, 5.74) is 8.34. The van der Waals surface area contributed by atoms with Crippen LogP contribution in [0.2, 0.25) is 0 Å². The number of carbonyl (C=O) groups is 1. The van der Waals surface area contributed by atoms with Gasteiger partial charge in [-0.25, -0.2) is 0 Å². The molecular formula is C14H10BrNOS. The molecule has 4 heteroatoms. The first-order valence-corrected chi connectivity index (χ1v) is 7.19. The van der Waals surface area contributed by atoms with E-state index in [1.165, 1.54) is 0 Å². The second kappa shape index (κ2) is 4.44. The average Bonchev–Trinajstić information content (AvgIpc) is 2.89. The number of hydrogen-bond acceptors (Lipinski definition) is 3. The first-order chi connectivity index (χ1) is 8.66. The lowest BCUT2D eigenvalue weighted by molar-refractivity contribution is 0.103. The quantitative estimate of drug-likeness (QED) is 0.849. The highest BCUT2D eigenvalue weighted by Gasteiger charge is 2.33. The molecule has 2 N–H and O–H groups in total. The van der Waals surface area contributed by atoms with E-state index in [9.17, 15) is 4.79 Å². The molecule has 1 unspecified atom stereocenters. The minimum atomic E-state index is 0.00458. The molecule has 1 heterocycles. The molecule has 0 fully saturated rings. The molecule has 3 rings (SSSR count). The maximum Gasteiger partial charge on any atom is 0.195 e. The maximum atomic E-state index is 12.5. The van der Waals surface area contributed by atoms with Crippen LogP contribution in [-0.2, 0) is 0 Å². The molecule has 90 valence electrons. The average molecular weight is 320 g/mol. The van der Waals surface area contributed by atoms with Gasteiger partial charge in [0.05, 0.1) is 15.9 Å². The number of ketones is 1. The second-order valence-electron chi connectivity index (χ2n) is 4.12. The third-order valence-corrected chi connectivity index (χ3v) is 4.64. The van der Waals surface area contributed by atoms with Gasteiger partial charge in [-0.05, 0) is 29.8 Å². The normalized spacial score (nSPS) is 21.2. The fraction of sp³-hybridized carbons (Fsp3) is 0.0714. The highest BCUT2D eigenvalue weighted by atomic mass is 79.9. The van der Waals surface area contributed by atoms with Crippen molar-refractivity contribution in [3.05, 3.63) is 68.7 Å². The molecule has 1 atom stereocenters. The molecule has 1 aliphatic carbocycles. The van der Waals surface area contributed by atoms with Crippen molar-refractivity contribution < 1.29 is 4.79 Å². The Morgan fingerprint density at radius 3 is 2.72 bits per heavy atom. The van der Waals surface area contributed by atoms with Crippen molar-refractivity contribution >= 4 is 33.5 Å². The monoisotopic (exact) mass is 319 g/mol. The van der Waals surface area contributed by atoms with Crippen LogP contribution >= 0.6 is 27.7 Å². The van der Waals surface area contributed by atoms with Gasteiger partial charge in [-0.2, -0.15) is 0 Å². The number of allylic oxidation sites excluding steroid dienone is 3. The van der Waals surface area contributed by atoms with Gasteiger partial charge in [0.2, 0.25) is 0 Å². The zero-order chi connectivity index (χ0) is 12.7. The standard InChI is InChI=1S/C14H10BrNOS/c15-9-6-4-8(5-7-9)13(17)12-10-2-1-3-11(10)18-14(12)16/h1-7,11H,16H2. The molecular weight excluding hydrogens is 310 g/mol. The number of nitrogens with two attached hydrogens (primary N) is 1. The van der Waals surface area contributed by atoms with E-state index in [4.69, 9.17) is 5.73 Å². The Balaban J connectivity index is 1.98. The molecule has 0 bridgehead atoms. The largest absolute Gasteiger partial charge is 0.393 e. The van der Waals surface area contributed by atoms with Crippen molar-refractivity contribution in [2.24, 2.45) is 5.73 Å². The summed E-state index contributed by atoms with van der Waals surface area (Å²) in [4.78, 5) is 12.5. The van der Waals surface area contributed by atoms with E-state index in [-0.39, 0.29) is 11.0 Å². The summed E-state index contributed by atoms with van der Waals surface area (Å²) < 4.78 is 0.960. The van der Waals surface area contributed by atoms with Crippen molar-refractivity contribution in [3.8, 4) is 0 Å². The van der Waals surface area contributed by atoms with Crippen LogP contribution in [0, 0.1) is 0 Å². The Morgan fingerprint density at radius 2 is 2.00 bits per heavy atom. The van der Waals surface area contributed by atoms with Crippen LogP contribution in [0.3, 0.4) is 0 Å². The zero-order valence-corrected chi connectivity index (χ0v) is 11.8. The summed E-state index contributed by atoms with van der Waals surface area (Å²) in [5.74, 6) is 0.00458. The second-order valence-corrected chi connectivity index (χ2v) is 6.22. The summed E-state index contributed by atoms with van der Waals surface area (Å²) >= 11 is 4.90. The van der Waals surface area contributed by atoms with Crippen LogP contribution in [-0.4, -0.2) is 11.0 Å². The number of thioether (sulfide) groups is 1. The summed E-state index contributed by atoms with van der Waals surface area (Å²) in [6.07, 6.45) is 6.02. The van der Waals surface area contributed by atoms with Gasteiger partial charge in [-0.3, -0.25) is 4.79 Å². The minimum absolute atomic E-state index is 0.00458. The predicted molar refractivity (Wildman–Crippen MR) is 78.3 cm³/mol. The Hall–Kier alpha value is -1.26. The molecule has 2 nitrogen and oxygen atoms in total. The molecule has 1 aliphatic heterocycles. The van der Waals surface area contributed by atoms with E-state index in [1.54, 1.807) is 11.8 Å². The Kier molecular flexibility index (Phi) is 2.92. The minimum Gasteiger partial charge on any atom is -0.393 e. The van der Waals surface area contributed by atoms with Gasteiger partial charge in [-0.15, -0.1) is 0 Å². The Morgan fingerprint density at radius 1 is 1.28 bits per heavy atom. The van der Waals surface area contributed by atoms with Gasteiger partial charge < -0.3 is 5.73 Å². The first kappa shape index (κ1) is 11.8. The van der Waals surface area contributed by atoms with Crippen LogP contribution in [0.25, 0.3) is 0 Å². The summed E-state index contributed by atoms with van der Waals surface area (Å²) in [5, 5.41) is 0.850. The molecule has 1 aromatic carbocycles. The molecule has 2 aliphatic rings. The van der Waals surface area contributed by atoms with Crippen molar-refractivity contribution in [1.29, 1.82) is 0 Å². The molecule has 0 aromatic heterocycles. The molecule has 0 amide bonds. The van der Waals surface area contributed by atoms with Gasteiger partial charge in [0, 0.05) is 10.0 Å². The number of hydrogen-bond donors (Lipinski definition) is 1. The molecule has 18 heavy (non-hydrogen) atoms. The third kappa shape index (κ3) is 1.85. The van der Waals surface area contributed by atoms with Crippen LogP contribution in [0.5, 0.6) is 0 Å². The van der Waals surface area contributed by atoms with E-state index in [2.05, 4.69) is 22.0 Å². The van der Waals surface area contributed by atoms with Crippen LogP contribution in [0.1, 0.15) is 10.4 Å². The van der Waals surface area contributed by atoms with Gasteiger partial charge in [0.15, 0.2) is 5.78 Å². The Bertz CT molecular complexity index is 613. The molecule has 0 spiro atoms. The predicted octanol–water partition coefficient (Wildman–Crippen LogP) is 3.41. The van der Waals surface area contributed by atoms with Crippen molar-refractivity contribution in [3.63, 3.8) is 0 Å². The van der Waals surface area contributed by atoms with E-state index >= 15 is 0 Å². The number of fused-ring (bicyclic) bond motifs is 1. The maximum absolute atomic E-state index is 12.5.